The third-order valence-electron chi connectivity index (χ3n) is 6.17. The maximum Gasteiger partial charge on any atom is 0.258 e. The van der Waals surface area contributed by atoms with Crippen LogP contribution in [0.1, 0.15) is 30.0 Å². The van der Waals surface area contributed by atoms with Gasteiger partial charge in [0.2, 0.25) is 5.82 Å². The fourth-order valence-electron chi connectivity index (χ4n) is 4.42. The molecule has 0 bridgehead atoms. The third kappa shape index (κ3) is 4.31. The lowest BCUT2D eigenvalue weighted by molar-refractivity contribution is 0.354. The topological polar surface area (TPSA) is 72.7 Å². The van der Waals surface area contributed by atoms with Crippen LogP contribution in [0, 0.1) is 6.92 Å². The normalized spacial score (nSPS) is 15.6. The van der Waals surface area contributed by atoms with E-state index < -0.39 is 0 Å². The summed E-state index contributed by atoms with van der Waals surface area (Å²) in [6.07, 6.45) is 0. The number of aryl methyl sites for hydroxylation is 1. The highest BCUT2D eigenvalue weighted by Crippen LogP contribution is 2.41. The van der Waals surface area contributed by atoms with Crippen molar-refractivity contribution in [3.05, 3.63) is 95.5 Å². The van der Waals surface area contributed by atoms with Gasteiger partial charge in [0.15, 0.2) is 16.6 Å². The number of thiocarbonyl (C=S) groups is 1. The molecule has 36 heavy (non-hydrogen) atoms. The summed E-state index contributed by atoms with van der Waals surface area (Å²) in [5.74, 6) is 2.21. The second kappa shape index (κ2) is 9.83. The summed E-state index contributed by atoms with van der Waals surface area (Å²) >= 11 is 5.83. The number of hydrogen-bond donors (Lipinski definition) is 1. The second-order valence-corrected chi connectivity index (χ2v) is 8.85. The van der Waals surface area contributed by atoms with E-state index in [1.807, 2.05) is 91.5 Å². The summed E-state index contributed by atoms with van der Waals surface area (Å²) in [7, 11) is 3.23. The van der Waals surface area contributed by atoms with Crippen LogP contribution in [0.4, 0.5) is 5.69 Å². The summed E-state index contributed by atoms with van der Waals surface area (Å²) in [6, 6.07) is 23.4. The van der Waals surface area contributed by atoms with Crippen molar-refractivity contribution in [2.45, 2.75) is 19.9 Å². The highest BCUT2D eigenvalue weighted by molar-refractivity contribution is 7.80. The van der Waals surface area contributed by atoms with Gasteiger partial charge < -0.3 is 19.3 Å². The minimum atomic E-state index is -0.344. The van der Waals surface area contributed by atoms with E-state index in [2.05, 4.69) is 10.5 Å². The van der Waals surface area contributed by atoms with Crippen molar-refractivity contribution in [2.75, 3.05) is 19.1 Å². The number of nitrogens with one attached hydrogen (secondary N) is 1. The van der Waals surface area contributed by atoms with Crippen molar-refractivity contribution in [3.63, 3.8) is 0 Å². The van der Waals surface area contributed by atoms with Crippen LogP contribution in [0.2, 0.25) is 0 Å². The van der Waals surface area contributed by atoms with E-state index in [0.29, 0.717) is 28.3 Å². The van der Waals surface area contributed by atoms with Gasteiger partial charge in [-0.2, -0.15) is 4.98 Å². The van der Waals surface area contributed by atoms with Gasteiger partial charge in [-0.3, -0.25) is 4.90 Å². The molecule has 1 aliphatic rings. The third-order valence-corrected chi connectivity index (χ3v) is 6.47. The molecule has 3 aromatic carbocycles. The number of nitrogens with zero attached hydrogens (tertiary/aromatic N) is 3. The SMILES string of the molecule is COc1ccc(C2NC(=S)N(c3ccccc3)C(C)=C2c2nc(-c3cccc(C)c3)no2)cc1OC. The molecule has 0 fully saturated rings. The molecule has 0 spiro atoms. The smallest absolute Gasteiger partial charge is 0.258 e. The van der Waals surface area contributed by atoms with Gasteiger partial charge in [-0.05, 0) is 62.0 Å². The lowest BCUT2D eigenvalue weighted by Crippen LogP contribution is -2.46. The monoisotopic (exact) mass is 498 g/mol. The Hall–Kier alpha value is -4.17. The molecule has 0 saturated heterocycles. The lowest BCUT2D eigenvalue weighted by Gasteiger charge is -2.37. The molecule has 8 heteroatoms. The zero-order valence-corrected chi connectivity index (χ0v) is 21.3. The molecule has 0 radical (unpaired) electrons. The number of allylic oxidation sites excluding steroid dienone is 1. The molecule has 1 atom stereocenters. The molecule has 182 valence electrons. The number of ether oxygens (including phenoxy) is 2. The summed E-state index contributed by atoms with van der Waals surface area (Å²) in [5.41, 5.74) is 5.60. The van der Waals surface area contributed by atoms with Gasteiger partial charge in [-0.15, -0.1) is 0 Å². The van der Waals surface area contributed by atoms with Crippen molar-refractivity contribution in [1.29, 1.82) is 0 Å². The predicted octanol–water partition coefficient (Wildman–Crippen LogP) is 5.93. The largest absolute Gasteiger partial charge is 0.493 e. The van der Waals surface area contributed by atoms with E-state index in [-0.39, 0.29) is 6.04 Å². The van der Waals surface area contributed by atoms with Crippen LogP contribution in [0.15, 0.2) is 83.0 Å². The number of methoxy groups -OCH3 is 2. The summed E-state index contributed by atoms with van der Waals surface area (Å²) in [6.45, 7) is 4.05. The van der Waals surface area contributed by atoms with Crippen molar-refractivity contribution in [3.8, 4) is 22.9 Å². The Kier molecular flexibility index (Phi) is 6.43. The van der Waals surface area contributed by atoms with Crippen molar-refractivity contribution in [1.82, 2.24) is 15.5 Å². The Morgan fingerprint density at radius 1 is 0.917 bits per heavy atom. The highest BCUT2D eigenvalue weighted by atomic mass is 32.1. The van der Waals surface area contributed by atoms with E-state index in [1.165, 1.54) is 0 Å². The van der Waals surface area contributed by atoms with Gasteiger partial charge in [-0.1, -0.05) is 53.2 Å². The molecule has 1 aromatic heterocycles. The second-order valence-electron chi connectivity index (χ2n) is 8.46. The van der Waals surface area contributed by atoms with Gasteiger partial charge in [0, 0.05) is 16.9 Å². The lowest BCUT2D eigenvalue weighted by atomic mass is 9.94. The quantitative estimate of drug-likeness (QED) is 0.328. The Balaban J connectivity index is 1.66. The van der Waals surface area contributed by atoms with Crippen LogP contribution in [0.5, 0.6) is 11.5 Å². The van der Waals surface area contributed by atoms with Crippen molar-refractivity contribution in [2.24, 2.45) is 0 Å². The van der Waals surface area contributed by atoms with Crippen LogP contribution in [-0.2, 0) is 0 Å². The molecule has 7 nitrogen and oxygen atoms in total. The molecular weight excluding hydrogens is 472 g/mol. The van der Waals surface area contributed by atoms with Crippen LogP contribution in [0.3, 0.4) is 0 Å². The number of rotatable bonds is 6. The fraction of sp³-hybridized carbons (Fsp3) is 0.179. The maximum atomic E-state index is 5.86. The molecule has 1 aliphatic heterocycles. The van der Waals surface area contributed by atoms with E-state index in [0.717, 1.165) is 33.6 Å². The first-order valence-electron chi connectivity index (χ1n) is 11.5. The summed E-state index contributed by atoms with van der Waals surface area (Å²) < 4.78 is 16.9. The molecule has 2 heterocycles. The van der Waals surface area contributed by atoms with E-state index >= 15 is 0 Å². The number of benzene rings is 3. The van der Waals surface area contributed by atoms with Gasteiger partial charge in [0.25, 0.3) is 5.89 Å². The average molecular weight is 499 g/mol. The van der Waals surface area contributed by atoms with Crippen molar-refractivity contribution < 1.29 is 14.0 Å². The molecule has 1 unspecified atom stereocenters. The zero-order chi connectivity index (χ0) is 25.2. The van der Waals surface area contributed by atoms with E-state index in [1.54, 1.807) is 14.2 Å². The van der Waals surface area contributed by atoms with Crippen LogP contribution >= 0.6 is 12.2 Å². The zero-order valence-electron chi connectivity index (χ0n) is 20.5. The van der Waals surface area contributed by atoms with Crippen LogP contribution in [0.25, 0.3) is 17.0 Å². The minimum absolute atomic E-state index is 0.344. The molecule has 4 aromatic rings. The van der Waals surface area contributed by atoms with Gasteiger partial charge >= 0.3 is 0 Å². The van der Waals surface area contributed by atoms with Gasteiger partial charge in [-0.25, -0.2) is 0 Å². The Labute approximate surface area is 215 Å². The van der Waals surface area contributed by atoms with Crippen molar-refractivity contribution >= 4 is 28.6 Å². The number of anilines is 1. The van der Waals surface area contributed by atoms with Gasteiger partial charge in [0.1, 0.15) is 0 Å². The summed E-state index contributed by atoms with van der Waals surface area (Å²) in [5, 5.41) is 8.35. The number of hydrogen-bond acceptors (Lipinski definition) is 6. The predicted molar refractivity (Wildman–Crippen MR) is 144 cm³/mol. The average Bonchev–Trinajstić information content (AvgIpc) is 3.38. The first kappa shape index (κ1) is 23.6. The van der Waals surface area contributed by atoms with Crippen LogP contribution in [-0.4, -0.2) is 29.5 Å². The van der Waals surface area contributed by atoms with Gasteiger partial charge in [0.05, 0.1) is 25.8 Å². The molecular formula is C28H26N4O3S. The van der Waals surface area contributed by atoms with E-state index in [9.17, 15) is 0 Å². The molecule has 1 N–H and O–H groups in total. The van der Waals surface area contributed by atoms with Crippen LogP contribution < -0.4 is 19.7 Å². The standard InChI is InChI=1S/C28H26N4O3S/c1-17-9-8-10-20(15-17)26-30-27(35-31-26)24-18(2)32(21-11-6-5-7-12-21)28(36)29-25(24)19-13-14-22(33-3)23(16-19)34-4/h5-16,25H,1-4H3,(H,29,36). The molecule has 5 rings (SSSR count). The Morgan fingerprint density at radius 2 is 1.69 bits per heavy atom. The molecule has 0 aliphatic carbocycles. The van der Waals surface area contributed by atoms with E-state index in [4.69, 9.17) is 31.2 Å². The highest BCUT2D eigenvalue weighted by Gasteiger charge is 2.35. The summed E-state index contributed by atoms with van der Waals surface area (Å²) in [4.78, 5) is 6.78. The number of aromatic nitrogens is 2. The minimum Gasteiger partial charge on any atom is -0.493 e. The maximum absolute atomic E-state index is 5.86. The number of para-hydroxylation sites is 1. The Bertz CT molecular complexity index is 1450. The first-order valence-corrected chi connectivity index (χ1v) is 11.9. The molecule has 0 saturated carbocycles. The fourth-order valence-corrected chi connectivity index (χ4v) is 4.78. The molecule has 0 amide bonds. The Morgan fingerprint density at radius 3 is 2.42 bits per heavy atom. The first-order chi connectivity index (χ1) is 17.5.